The normalized spacial score (nSPS) is 21.9. The van der Waals surface area contributed by atoms with E-state index in [9.17, 15) is 4.79 Å². The van der Waals surface area contributed by atoms with Crippen molar-refractivity contribution >= 4 is 17.3 Å². The molecule has 1 aromatic carbocycles. The van der Waals surface area contributed by atoms with Crippen molar-refractivity contribution in [2.45, 2.75) is 18.9 Å². The molecule has 1 unspecified atom stereocenters. The third kappa shape index (κ3) is 2.19. The average molecular weight is 273 g/mol. The molecule has 0 aliphatic carbocycles. The van der Waals surface area contributed by atoms with Gasteiger partial charge in [0.1, 0.15) is 5.75 Å². The fourth-order valence-corrected chi connectivity index (χ4v) is 2.87. The predicted molar refractivity (Wildman–Crippen MR) is 78.6 cm³/mol. The fourth-order valence-electron chi connectivity index (χ4n) is 2.87. The highest BCUT2D eigenvalue weighted by Gasteiger charge is 2.33. The Morgan fingerprint density at radius 1 is 1.40 bits per heavy atom. The van der Waals surface area contributed by atoms with Gasteiger partial charge in [0.15, 0.2) is 0 Å². The lowest BCUT2D eigenvalue weighted by Gasteiger charge is -2.42. The number of fused-ring (bicyclic) bond motifs is 1. The van der Waals surface area contributed by atoms with Gasteiger partial charge in [-0.1, -0.05) is 6.08 Å². The number of nitrogen functional groups attached to an aromatic ring is 1. The molecule has 2 aliphatic rings. The van der Waals surface area contributed by atoms with Crippen molar-refractivity contribution in [2.75, 3.05) is 30.8 Å². The second-order valence-corrected chi connectivity index (χ2v) is 5.22. The number of rotatable bonds is 2. The van der Waals surface area contributed by atoms with Crippen LogP contribution in [-0.4, -0.2) is 37.0 Å². The number of methoxy groups -OCH3 is 1. The third-order valence-corrected chi connectivity index (χ3v) is 3.94. The minimum Gasteiger partial charge on any atom is -0.495 e. The van der Waals surface area contributed by atoms with Crippen LogP contribution in [0.15, 0.2) is 30.5 Å². The summed E-state index contributed by atoms with van der Waals surface area (Å²) in [4.78, 5) is 16.3. The molecule has 1 aromatic rings. The Labute approximate surface area is 118 Å². The molecule has 2 N–H and O–H groups in total. The maximum Gasteiger partial charge on any atom is 0.246 e. The van der Waals surface area contributed by atoms with E-state index in [1.165, 1.54) is 0 Å². The Hall–Kier alpha value is -2.17. The van der Waals surface area contributed by atoms with Crippen molar-refractivity contribution in [1.82, 2.24) is 4.90 Å². The van der Waals surface area contributed by atoms with E-state index in [2.05, 4.69) is 11.0 Å². The molecule has 0 spiro atoms. The molecule has 0 aromatic heterocycles. The van der Waals surface area contributed by atoms with E-state index >= 15 is 0 Å². The monoisotopic (exact) mass is 273 g/mol. The van der Waals surface area contributed by atoms with Crippen LogP contribution in [0.25, 0.3) is 0 Å². The molecule has 1 fully saturated rings. The summed E-state index contributed by atoms with van der Waals surface area (Å²) >= 11 is 0. The SMILES string of the molecule is COc1ccc(N)cc1N1CC2CCC=CN2CC1=O. The summed E-state index contributed by atoms with van der Waals surface area (Å²) in [7, 11) is 1.61. The fraction of sp³-hybridized carbons (Fsp3) is 0.400. The second kappa shape index (κ2) is 5.07. The quantitative estimate of drug-likeness (QED) is 0.832. The molecule has 5 nitrogen and oxygen atoms in total. The second-order valence-electron chi connectivity index (χ2n) is 5.22. The van der Waals surface area contributed by atoms with Crippen molar-refractivity contribution in [1.29, 1.82) is 0 Å². The molecule has 0 radical (unpaired) electrons. The molecular formula is C15H19N3O2. The first kappa shape index (κ1) is 12.8. The zero-order chi connectivity index (χ0) is 14.1. The number of hydrogen-bond donors (Lipinski definition) is 1. The van der Waals surface area contributed by atoms with Crippen LogP contribution in [0.2, 0.25) is 0 Å². The van der Waals surface area contributed by atoms with Crippen molar-refractivity contribution in [3.8, 4) is 5.75 Å². The smallest absolute Gasteiger partial charge is 0.246 e. The summed E-state index contributed by atoms with van der Waals surface area (Å²) in [5, 5.41) is 0. The molecule has 3 rings (SSSR count). The van der Waals surface area contributed by atoms with Gasteiger partial charge in [0.25, 0.3) is 0 Å². The summed E-state index contributed by atoms with van der Waals surface area (Å²) in [6, 6.07) is 5.78. The van der Waals surface area contributed by atoms with Crippen molar-refractivity contribution < 1.29 is 9.53 Å². The number of benzene rings is 1. The zero-order valence-electron chi connectivity index (χ0n) is 11.6. The van der Waals surface area contributed by atoms with Gasteiger partial charge in [0, 0.05) is 18.3 Å². The third-order valence-electron chi connectivity index (χ3n) is 3.94. The molecule has 1 atom stereocenters. The number of amides is 1. The maximum absolute atomic E-state index is 12.4. The van der Waals surface area contributed by atoms with Gasteiger partial charge >= 0.3 is 0 Å². The lowest BCUT2D eigenvalue weighted by molar-refractivity contribution is -0.121. The number of carbonyl (C=O) groups is 1. The summed E-state index contributed by atoms with van der Waals surface area (Å²) in [5.41, 5.74) is 7.26. The predicted octanol–water partition coefficient (Wildman–Crippen LogP) is 1.60. The van der Waals surface area contributed by atoms with Crippen LogP contribution in [0, 0.1) is 0 Å². The van der Waals surface area contributed by atoms with Crippen LogP contribution in [-0.2, 0) is 4.79 Å². The van der Waals surface area contributed by atoms with Crippen molar-refractivity contribution in [3.05, 3.63) is 30.5 Å². The largest absolute Gasteiger partial charge is 0.495 e. The van der Waals surface area contributed by atoms with Gasteiger partial charge in [-0.2, -0.15) is 0 Å². The molecule has 5 heteroatoms. The van der Waals surface area contributed by atoms with E-state index in [0.29, 0.717) is 30.6 Å². The molecule has 1 amide bonds. The lowest BCUT2D eigenvalue weighted by Crippen LogP contribution is -2.55. The molecule has 0 saturated carbocycles. The van der Waals surface area contributed by atoms with Gasteiger partial charge in [-0.15, -0.1) is 0 Å². The van der Waals surface area contributed by atoms with Gasteiger partial charge in [0.05, 0.1) is 19.3 Å². The van der Waals surface area contributed by atoms with E-state index in [4.69, 9.17) is 10.5 Å². The number of nitrogens with zero attached hydrogens (tertiary/aromatic N) is 2. The highest BCUT2D eigenvalue weighted by Crippen LogP contribution is 2.33. The van der Waals surface area contributed by atoms with Crippen LogP contribution >= 0.6 is 0 Å². The first-order chi connectivity index (χ1) is 9.69. The van der Waals surface area contributed by atoms with Crippen molar-refractivity contribution in [2.24, 2.45) is 0 Å². The number of piperazine rings is 1. The van der Waals surface area contributed by atoms with Crippen LogP contribution in [0.1, 0.15) is 12.8 Å². The Morgan fingerprint density at radius 3 is 3.05 bits per heavy atom. The van der Waals surface area contributed by atoms with E-state index < -0.39 is 0 Å². The Morgan fingerprint density at radius 2 is 2.25 bits per heavy atom. The van der Waals surface area contributed by atoms with Gasteiger partial charge in [-0.25, -0.2) is 0 Å². The summed E-state index contributed by atoms with van der Waals surface area (Å²) < 4.78 is 5.36. The average Bonchev–Trinajstić information content (AvgIpc) is 2.46. The summed E-state index contributed by atoms with van der Waals surface area (Å²) in [6.45, 7) is 1.10. The number of hydrogen-bond acceptors (Lipinski definition) is 4. The first-order valence-corrected chi connectivity index (χ1v) is 6.85. The molecule has 20 heavy (non-hydrogen) atoms. The number of carbonyl (C=O) groups excluding carboxylic acids is 1. The molecule has 1 saturated heterocycles. The van der Waals surface area contributed by atoms with Gasteiger partial charge < -0.3 is 20.3 Å². The van der Waals surface area contributed by atoms with E-state index in [-0.39, 0.29) is 5.91 Å². The Balaban J connectivity index is 1.92. The number of anilines is 2. The number of nitrogens with two attached hydrogens (primary N) is 1. The van der Waals surface area contributed by atoms with Crippen LogP contribution in [0.5, 0.6) is 5.75 Å². The molecule has 2 aliphatic heterocycles. The van der Waals surface area contributed by atoms with E-state index in [1.54, 1.807) is 18.1 Å². The minimum absolute atomic E-state index is 0.0803. The van der Waals surface area contributed by atoms with Crippen LogP contribution < -0.4 is 15.4 Å². The van der Waals surface area contributed by atoms with Crippen molar-refractivity contribution in [3.63, 3.8) is 0 Å². The van der Waals surface area contributed by atoms with Gasteiger partial charge in [0.2, 0.25) is 5.91 Å². The topological polar surface area (TPSA) is 58.8 Å². The van der Waals surface area contributed by atoms with E-state index in [0.717, 1.165) is 18.5 Å². The van der Waals surface area contributed by atoms with Crippen LogP contribution in [0.4, 0.5) is 11.4 Å². The highest BCUT2D eigenvalue weighted by atomic mass is 16.5. The molecule has 106 valence electrons. The summed E-state index contributed by atoms with van der Waals surface area (Å²) in [6.07, 6.45) is 6.31. The number of ether oxygens (including phenoxy) is 1. The van der Waals surface area contributed by atoms with Gasteiger partial charge in [-0.3, -0.25) is 4.79 Å². The first-order valence-electron chi connectivity index (χ1n) is 6.85. The summed E-state index contributed by atoms with van der Waals surface area (Å²) in [5.74, 6) is 0.768. The Kier molecular flexibility index (Phi) is 3.26. The minimum atomic E-state index is 0.0803. The maximum atomic E-state index is 12.4. The van der Waals surface area contributed by atoms with Gasteiger partial charge in [-0.05, 0) is 37.2 Å². The standard InChI is InChI=1S/C15H19N3O2/c1-20-14-6-5-11(16)8-13(14)18-9-12-4-2-3-7-17(12)10-15(18)19/h3,5-8,12H,2,4,9-10,16H2,1H3. The lowest BCUT2D eigenvalue weighted by atomic mass is 10.0. The van der Waals surface area contributed by atoms with E-state index in [1.807, 2.05) is 18.3 Å². The Bertz CT molecular complexity index is 556. The number of allylic oxidation sites excluding steroid dienone is 1. The van der Waals surface area contributed by atoms with Crippen LogP contribution in [0.3, 0.4) is 0 Å². The molecular weight excluding hydrogens is 254 g/mol. The highest BCUT2D eigenvalue weighted by molar-refractivity contribution is 5.97. The molecule has 2 heterocycles. The zero-order valence-corrected chi connectivity index (χ0v) is 11.6. The molecule has 0 bridgehead atoms.